The molecule has 2 aromatic heterocycles. The van der Waals surface area contributed by atoms with Crippen LogP contribution in [-0.2, 0) is 4.79 Å². The lowest BCUT2D eigenvalue weighted by Crippen LogP contribution is -2.37. The predicted octanol–water partition coefficient (Wildman–Crippen LogP) is 3.98. The minimum absolute atomic E-state index is 0.0689. The summed E-state index contributed by atoms with van der Waals surface area (Å²) >= 11 is 0. The molecule has 0 radical (unpaired) electrons. The molecule has 2 heterocycles. The van der Waals surface area contributed by atoms with Gasteiger partial charge >= 0.3 is 0 Å². The number of hydrogen-bond acceptors (Lipinski definition) is 4. The van der Waals surface area contributed by atoms with Crippen molar-refractivity contribution in [1.82, 2.24) is 10.3 Å². The maximum Gasteiger partial charge on any atom is 0.251 e. The number of carbonyl (C=O) groups is 2. The van der Waals surface area contributed by atoms with E-state index in [1.807, 2.05) is 36.4 Å². The molecular weight excluding hydrogens is 328 g/mol. The Balaban J connectivity index is 1.47. The van der Waals surface area contributed by atoms with Gasteiger partial charge in [0.25, 0.3) is 5.91 Å². The minimum Gasteiger partial charge on any atom is -0.464 e. The number of furan rings is 1. The number of aromatic nitrogens is 1. The molecule has 1 aromatic carbocycles. The summed E-state index contributed by atoms with van der Waals surface area (Å²) in [4.78, 5) is 27.7. The van der Waals surface area contributed by atoms with Gasteiger partial charge in [-0.15, -0.1) is 0 Å². The lowest BCUT2D eigenvalue weighted by atomic mass is 9.87. The summed E-state index contributed by atoms with van der Waals surface area (Å²) in [5.41, 5.74) is 3.21. The Hall–Kier alpha value is -2.95. The standard InChI is InChI=1S/C21H20N2O3/c24-13-14-1-7-17(8-2-14)23-21(25)16-5-3-15(4-6-16)20-18-10-12-26-19(18)9-11-22-20/h3-6,9-14,17H,1-2,7-8H2,(H,23,25). The lowest BCUT2D eigenvalue weighted by Gasteiger charge is -2.26. The number of fused-ring (bicyclic) bond motifs is 1. The molecule has 0 aliphatic heterocycles. The second-order valence-corrected chi connectivity index (χ2v) is 6.79. The zero-order valence-electron chi connectivity index (χ0n) is 14.4. The van der Waals surface area contributed by atoms with E-state index in [1.54, 1.807) is 12.5 Å². The van der Waals surface area contributed by atoms with E-state index in [1.165, 1.54) is 0 Å². The number of nitrogens with one attached hydrogen (secondary N) is 1. The molecule has 1 amide bonds. The molecular formula is C21H20N2O3. The van der Waals surface area contributed by atoms with E-state index in [9.17, 15) is 9.59 Å². The second kappa shape index (κ2) is 7.12. The van der Waals surface area contributed by atoms with E-state index in [0.29, 0.717) is 5.56 Å². The van der Waals surface area contributed by atoms with Crippen molar-refractivity contribution in [2.24, 2.45) is 5.92 Å². The van der Waals surface area contributed by atoms with Crippen LogP contribution in [-0.4, -0.2) is 23.2 Å². The highest BCUT2D eigenvalue weighted by molar-refractivity contribution is 5.96. The van der Waals surface area contributed by atoms with Crippen molar-refractivity contribution in [3.05, 3.63) is 54.4 Å². The first kappa shape index (κ1) is 16.5. The van der Waals surface area contributed by atoms with Crippen molar-refractivity contribution in [3.8, 4) is 11.3 Å². The molecule has 1 aliphatic rings. The number of carbonyl (C=O) groups excluding carboxylic acids is 2. The van der Waals surface area contributed by atoms with Gasteiger partial charge in [0.15, 0.2) is 0 Å². The molecule has 0 unspecified atom stereocenters. The van der Waals surface area contributed by atoms with Crippen molar-refractivity contribution in [2.45, 2.75) is 31.7 Å². The molecule has 1 fully saturated rings. The van der Waals surface area contributed by atoms with Crippen LogP contribution in [0.3, 0.4) is 0 Å². The van der Waals surface area contributed by atoms with Crippen molar-refractivity contribution in [3.63, 3.8) is 0 Å². The van der Waals surface area contributed by atoms with Gasteiger partial charge in [-0.2, -0.15) is 0 Å². The van der Waals surface area contributed by atoms with Crippen LogP contribution >= 0.6 is 0 Å². The number of benzene rings is 1. The number of nitrogens with zero attached hydrogens (tertiary/aromatic N) is 1. The van der Waals surface area contributed by atoms with Crippen LogP contribution in [0, 0.1) is 5.92 Å². The van der Waals surface area contributed by atoms with Crippen LogP contribution in [0.25, 0.3) is 22.2 Å². The van der Waals surface area contributed by atoms with Gasteiger partial charge in [0.2, 0.25) is 0 Å². The van der Waals surface area contributed by atoms with Crippen LogP contribution in [0.5, 0.6) is 0 Å². The van der Waals surface area contributed by atoms with Gasteiger partial charge in [0.05, 0.1) is 12.0 Å². The van der Waals surface area contributed by atoms with Gasteiger partial charge in [0.1, 0.15) is 11.9 Å². The first-order chi connectivity index (χ1) is 12.7. The summed E-state index contributed by atoms with van der Waals surface area (Å²) in [5, 5.41) is 4.03. The zero-order valence-corrected chi connectivity index (χ0v) is 14.4. The molecule has 0 saturated heterocycles. The summed E-state index contributed by atoms with van der Waals surface area (Å²) in [6, 6.07) is 11.3. The third-order valence-corrected chi connectivity index (χ3v) is 5.10. The number of aldehydes is 1. The lowest BCUT2D eigenvalue weighted by molar-refractivity contribution is -0.111. The molecule has 26 heavy (non-hydrogen) atoms. The van der Waals surface area contributed by atoms with Gasteiger partial charge in [-0.3, -0.25) is 9.78 Å². The quantitative estimate of drug-likeness (QED) is 0.724. The molecule has 3 aromatic rings. The SMILES string of the molecule is O=CC1CCC(NC(=O)c2ccc(-c3nccc4occc34)cc2)CC1. The van der Waals surface area contributed by atoms with E-state index in [-0.39, 0.29) is 17.9 Å². The van der Waals surface area contributed by atoms with E-state index in [4.69, 9.17) is 4.42 Å². The first-order valence-corrected chi connectivity index (χ1v) is 8.93. The fraction of sp³-hybridized carbons (Fsp3) is 0.286. The number of rotatable bonds is 4. The molecule has 1 N–H and O–H groups in total. The Morgan fingerprint density at radius 1 is 1.08 bits per heavy atom. The monoisotopic (exact) mass is 348 g/mol. The van der Waals surface area contributed by atoms with Crippen LogP contribution in [0.15, 0.2) is 53.3 Å². The third kappa shape index (κ3) is 3.25. The first-order valence-electron chi connectivity index (χ1n) is 8.93. The van der Waals surface area contributed by atoms with Crippen molar-refractivity contribution in [1.29, 1.82) is 0 Å². The Bertz CT molecular complexity index is 922. The summed E-state index contributed by atoms with van der Waals surface area (Å²) in [6.07, 6.45) is 7.83. The molecule has 5 nitrogen and oxygen atoms in total. The number of amides is 1. The van der Waals surface area contributed by atoms with Crippen LogP contribution in [0.1, 0.15) is 36.0 Å². The maximum atomic E-state index is 12.5. The second-order valence-electron chi connectivity index (χ2n) is 6.79. The summed E-state index contributed by atoms with van der Waals surface area (Å²) in [5.74, 6) is 0.0844. The van der Waals surface area contributed by atoms with E-state index >= 15 is 0 Å². The number of hydrogen-bond donors (Lipinski definition) is 1. The van der Waals surface area contributed by atoms with Crippen molar-refractivity contribution >= 4 is 23.2 Å². The predicted molar refractivity (Wildman–Crippen MR) is 98.7 cm³/mol. The van der Waals surface area contributed by atoms with Gasteiger partial charge in [0, 0.05) is 34.7 Å². The Labute approximate surface area is 151 Å². The van der Waals surface area contributed by atoms with E-state index < -0.39 is 0 Å². The van der Waals surface area contributed by atoms with Gasteiger partial charge in [-0.1, -0.05) is 12.1 Å². The van der Waals surface area contributed by atoms with Gasteiger partial charge < -0.3 is 14.5 Å². The number of pyridine rings is 1. The highest BCUT2D eigenvalue weighted by Crippen LogP contribution is 2.27. The molecule has 0 spiro atoms. The Kier molecular flexibility index (Phi) is 4.52. The van der Waals surface area contributed by atoms with E-state index in [0.717, 1.165) is 54.2 Å². The summed E-state index contributed by atoms with van der Waals surface area (Å²) < 4.78 is 5.42. The average molecular weight is 348 g/mol. The van der Waals surface area contributed by atoms with Crippen LogP contribution in [0.4, 0.5) is 0 Å². The minimum atomic E-state index is -0.0689. The highest BCUT2D eigenvalue weighted by Gasteiger charge is 2.22. The fourth-order valence-electron chi connectivity index (χ4n) is 3.57. The molecule has 4 rings (SSSR count). The van der Waals surface area contributed by atoms with Crippen molar-refractivity contribution < 1.29 is 14.0 Å². The Morgan fingerprint density at radius 2 is 1.85 bits per heavy atom. The molecule has 132 valence electrons. The maximum absolute atomic E-state index is 12.5. The molecule has 5 heteroatoms. The van der Waals surface area contributed by atoms with Crippen LogP contribution < -0.4 is 5.32 Å². The third-order valence-electron chi connectivity index (χ3n) is 5.10. The fourth-order valence-corrected chi connectivity index (χ4v) is 3.57. The molecule has 1 saturated carbocycles. The zero-order chi connectivity index (χ0) is 17.9. The Morgan fingerprint density at radius 3 is 2.58 bits per heavy atom. The average Bonchev–Trinajstić information content (AvgIpc) is 3.17. The largest absolute Gasteiger partial charge is 0.464 e. The van der Waals surface area contributed by atoms with Gasteiger partial charge in [-0.25, -0.2) is 0 Å². The van der Waals surface area contributed by atoms with E-state index in [2.05, 4.69) is 10.3 Å². The summed E-state index contributed by atoms with van der Waals surface area (Å²) in [6.45, 7) is 0. The normalized spacial score (nSPS) is 20.0. The summed E-state index contributed by atoms with van der Waals surface area (Å²) in [7, 11) is 0. The van der Waals surface area contributed by atoms with Crippen molar-refractivity contribution in [2.75, 3.05) is 0 Å². The topological polar surface area (TPSA) is 72.2 Å². The highest BCUT2D eigenvalue weighted by atomic mass is 16.3. The molecule has 0 atom stereocenters. The molecule has 1 aliphatic carbocycles. The molecule has 0 bridgehead atoms. The van der Waals surface area contributed by atoms with Gasteiger partial charge in [-0.05, 0) is 49.9 Å². The van der Waals surface area contributed by atoms with Crippen LogP contribution in [0.2, 0.25) is 0 Å². The smallest absolute Gasteiger partial charge is 0.251 e.